The molecular formula is C18H28O2. The molecule has 0 aliphatic carbocycles. The molecule has 0 amide bonds. The van der Waals surface area contributed by atoms with Gasteiger partial charge >= 0.3 is 0 Å². The Bertz CT molecular complexity index is 412. The van der Waals surface area contributed by atoms with Crippen LogP contribution in [-0.2, 0) is 6.42 Å². The fraction of sp³-hybridized carbons (Fsp3) is 0.611. The van der Waals surface area contributed by atoms with Crippen LogP contribution in [0, 0.1) is 5.92 Å². The molecule has 0 saturated carbocycles. The van der Waals surface area contributed by atoms with Gasteiger partial charge in [-0.05, 0) is 31.7 Å². The van der Waals surface area contributed by atoms with Crippen LogP contribution >= 0.6 is 0 Å². The van der Waals surface area contributed by atoms with Crippen LogP contribution in [0.3, 0.4) is 0 Å². The van der Waals surface area contributed by atoms with Crippen LogP contribution in [0.2, 0.25) is 0 Å². The van der Waals surface area contributed by atoms with E-state index in [1.165, 1.54) is 45.1 Å². The highest BCUT2D eigenvalue weighted by atomic mass is 16.3. The summed E-state index contributed by atoms with van der Waals surface area (Å²) in [4.78, 5) is 11.9. The molecule has 0 aliphatic heterocycles. The third-order valence-corrected chi connectivity index (χ3v) is 3.84. The van der Waals surface area contributed by atoms with Crippen LogP contribution in [0.4, 0.5) is 0 Å². The Morgan fingerprint density at radius 1 is 1.20 bits per heavy atom. The zero-order valence-corrected chi connectivity index (χ0v) is 13.3. The van der Waals surface area contributed by atoms with E-state index in [-0.39, 0.29) is 5.78 Å². The van der Waals surface area contributed by atoms with Gasteiger partial charge in [0.1, 0.15) is 5.60 Å². The summed E-state index contributed by atoms with van der Waals surface area (Å²) in [6.45, 7) is 7.53. The van der Waals surface area contributed by atoms with Gasteiger partial charge < -0.3 is 5.11 Å². The van der Waals surface area contributed by atoms with Gasteiger partial charge in [0, 0.05) is 5.56 Å². The molecule has 1 rings (SSSR count). The van der Waals surface area contributed by atoms with Gasteiger partial charge in [0.2, 0.25) is 0 Å². The number of aliphatic hydroxyl groups is 1. The van der Waals surface area contributed by atoms with Crippen molar-refractivity contribution in [3.8, 4) is 0 Å². The van der Waals surface area contributed by atoms with Crippen molar-refractivity contribution in [1.82, 2.24) is 0 Å². The molecular weight excluding hydrogens is 248 g/mol. The Balaban J connectivity index is 2.69. The Kier molecular flexibility index (Phi) is 6.41. The minimum Gasteiger partial charge on any atom is -0.382 e. The van der Waals surface area contributed by atoms with Crippen molar-refractivity contribution in [3.05, 3.63) is 35.4 Å². The largest absolute Gasteiger partial charge is 0.382 e. The lowest BCUT2D eigenvalue weighted by Gasteiger charge is -2.17. The van der Waals surface area contributed by atoms with Gasteiger partial charge in [-0.15, -0.1) is 0 Å². The first-order valence-electron chi connectivity index (χ1n) is 7.74. The molecule has 0 aromatic heterocycles. The van der Waals surface area contributed by atoms with Crippen LogP contribution in [-0.4, -0.2) is 16.5 Å². The van der Waals surface area contributed by atoms with Gasteiger partial charge in [-0.1, -0.05) is 63.8 Å². The van der Waals surface area contributed by atoms with Crippen LogP contribution in [0.15, 0.2) is 24.3 Å². The van der Waals surface area contributed by atoms with E-state index in [0.717, 1.165) is 12.3 Å². The standard InChI is InChI=1S/C18H28O2/c1-5-7-8-14(6-2)13-15-9-11-16(12-10-15)17(19)18(3,4)20/h9-12,14,20H,5-8,13H2,1-4H3. The Hall–Kier alpha value is -1.15. The maximum atomic E-state index is 11.9. The fourth-order valence-corrected chi connectivity index (χ4v) is 2.42. The molecule has 0 radical (unpaired) electrons. The predicted molar refractivity (Wildman–Crippen MR) is 84.1 cm³/mol. The van der Waals surface area contributed by atoms with Crippen molar-refractivity contribution in [2.75, 3.05) is 0 Å². The van der Waals surface area contributed by atoms with Gasteiger partial charge in [0.15, 0.2) is 5.78 Å². The molecule has 2 heteroatoms. The zero-order chi connectivity index (χ0) is 15.2. The van der Waals surface area contributed by atoms with E-state index >= 15 is 0 Å². The third kappa shape index (κ3) is 5.09. The highest BCUT2D eigenvalue weighted by Crippen LogP contribution is 2.20. The Labute approximate surface area is 123 Å². The van der Waals surface area contributed by atoms with Gasteiger partial charge in [-0.25, -0.2) is 0 Å². The second-order valence-corrected chi connectivity index (χ2v) is 6.21. The minimum atomic E-state index is -1.30. The van der Waals surface area contributed by atoms with E-state index in [0.29, 0.717) is 5.56 Å². The van der Waals surface area contributed by atoms with Crippen molar-refractivity contribution in [3.63, 3.8) is 0 Å². The smallest absolute Gasteiger partial charge is 0.193 e. The molecule has 0 fully saturated rings. The molecule has 0 heterocycles. The molecule has 0 spiro atoms. The van der Waals surface area contributed by atoms with Crippen molar-refractivity contribution >= 4 is 5.78 Å². The highest BCUT2D eigenvalue weighted by Gasteiger charge is 2.24. The predicted octanol–water partition coefficient (Wildman–Crippen LogP) is 4.40. The number of Topliss-reactive ketones (excluding diaryl/α,β-unsaturated/α-hetero) is 1. The summed E-state index contributed by atoms with van der Waals surface area (Å²) in [7, 11) is 0. The number of benzene rings is 1. The fourth-order valence-electron chi connectivity index (χ4n) is 2.42. The lowest BCUT2D eigenvalue weighted by atomic mass is 9.90. The van der Waals surface area contributed by atoms with Gasteiger partial charge in [-0.3, -0.25) is 4.79 Å². The highest BCUT2D eigenvalue weighted by molar-refractivity contribution is 6.01. The average molecular weight is 276 g/mol. The molecule has 1 N–H and O–H groups in total. The first-order valence-corrected chi connectivity index (χ1v) is 7.74. The molecule has 1 atom stereocenters. The van der Waals surface area contributed by atoms with E-state index in [2.05, 4.69) is 13.8 Å². The lowest BCUT2D eigenvalue weighted by Crippen LogP contribution is -2.31. The first-order chi connectivity index (χ1) is 9.38. The molecule has 0 bridgehead atoms. The maximum Gasteiger partial charge on any atom is 0.193 e. The first kappa shape index (κ1) is 16.9. The summed E-state index contributed by atoms with van der Waals surface area (Å²) in [5.74, 6) is 0.507. The van der Waals surface area contributed by atoms with E-state index in [1.807, 2.05) is 24.3 Å². The number of carbonyl (C=O) groups is 1. The molecule has 112 valence electrons. The van der Waals surface area contributed by atoms with Crippen molar-refractivity contribution in [1.29, 1.82) is 0 Å². The molecule has 1 aromatic carbocycles. The maximum absolute atomic E-state index is 11.9. The summed E-state index contributed by atoms with van der Waals surface area (Å²) < 4.78 is 0. The topological polar surface area (TPSA) is 37.3 Å². The number of ketones is 1. The van der Waals surface area contributed by atoms with Crippen LogP contribution < -0.4 is 0 Å². The van der Waals surface area contributed by atoms with Crippen molar-refractivity contribution in [2.24, 2.45) is 5.92 Å². The summed E-state index contributed by atoms with van der Waals surface area (Å²) in [5.41, 5.74) is 0.567. The normalized spacial score (nSPS) is 13.2. The molecule has 2 nitrogen and oxygen atoms in total. The average Bonchev–Trinajstić information content (AvgIpc) is 2.42. The molecule has 0 aliphatic rings. The number of unbranched alkanes of at least 4 members (excludes halogenated alkanes) is 1. The quantitative estimate of drug-likeness (QED) is 0.715. The zero-order valence-electron chi connectivity index (χ0n) is 13.3. The van der Waals surface area contributed by atoms with Crippen LogP contribution in [0.1, 0.15) is 69.3 Å². The van der Waals surface area contributed by atoms with Gasteiger partial charge in [0.05, 0.1) is 0 Å². The summed E-state index contributed by atoms with van der Waals surface area (Å²) in [6, 6.07) is 7.71. The molecule has 1 aromatic rings. The van der Waals surface area contributed by atoms with E-state index in [4.69, 9.17) is 0 Å². The Morgan fingerprint density at radius 3 is 2.25 bits per heavy atom. The summed E-state index contributed by atoms with van der Waals surface area (Å²) >= 11 is 0. The van der Waals surface area contributed by atoms with E-state index < -0.39 is 5.60 Å². The van der Waals surface area contributed by atoms with Gasteiger partial charge in [0.25, 0.3) is 0 Å². The van der Waals surface area contributed by atoms with Crippen molar-refractivity contribution < 1.29 is 9.90 Å². The van der Waals surface area contributed by atoms with Crippen molar-refractivity contribution in [2.45, 2.75) is 65.4 Å². The monoisotopic (exact) mass is 276 g/mol. The SMILES string of the molecule is CCCCC(CC)Cc1ccc(C(=O)C(C)(C)O)cc1. The molecule has 1 unspecified atom stereocenters. The number of hydrogen-bond donors (Lipinski definition) is 1. The minimum absolute atomic E-state index is 0.220. The van der Waals surface area contributed by atoms with E-state index in [1.54, 1.807) is 0 Å². The molecule has 0 saturated heterocycles. The number of carbonyl (C=O) groups excluding carboxylic acids is 1. The van der Waals surface area contributed by atoms with Crippen LogP contribution in [0.25, 0.3) is 0 Å². The second-order valence-electron chi connectivity index (χ2n) is 6.21. The second kappa shape index (κ2) is 7.58. The molecule has 20 heavy (non-hydrogen) atoms. The summed E-state index contributed by atoms with van der Waals surface area (Å²) in [5, 5.41) is 9.74. The number of rotatable bonds is 8. The Morgan fingerprint density at radius 2 is 1.80 bits per heavy atom. The summed E-state index contributed by atoms with van der Waals surface area (Å²) in [6.07, 6.45) is 6.08. The number of hydrogen-bond acceptors (Lipinski definition) is 2. The van der Waals surface area contributed by atoms with Gasteiger partial charge in [-0.2, -0.15) is 0 Å². The third-order valence-electron chi connectivity index (χ3n) is 3.84. The van der Waals surface area contributed by atoms with E-state index in [9.17, 15) is 9.90 Å². The lowest BCUT2D eigenvalue weighted by molar-refractivity contribution is 0.0488. The van der Waals surface area contributed by atoms with Crippen LogP contribution in [0.5, 0.6) is 0 Å².